The first-order chi connectivity index (χ1) is 18.3. The summed E-state index contributed by atoms with van der Waals surface area (Å²) in [6.45, 7) is 0. The highest BCUT2D eigenvalue weighted by atomic mass is 32.1. The van der Waals surface area contributed by atoms with E-state index in [1.165, 1.54) is 42.1 Å². The zero-order chi connectivity index (χ0) is 24.3. The Bertz CT molecular complexity index is 2150. The van der Waals surface area contributed by atoms with E-state index in [-0.39, 0.29) is 0 Å². The Morgan fingerprint density at radius 3 is 2.38 bits per heavy atom. The first-order valence-corrected chi connectivity index (χ1v) is 13.1. The van der Waals surface area contributed by atoms with Crippen molar-refractivity contribution in [3.63, 3.8) is 0 Å². The van der Waals surface area contributed by atoms with Crippen molar-refractivity contribution in [2.24, 2.45) is 0 Å². The zero-order valence-electron chi connectivity index (χ0n) is 19.7. The van der Waals surface area contributed by atoms with E-state index in [2.05, 4.69) is 101 Å². The number of rotatable bonds is 2. The monoisotopic (exact) mass is 489 g/mol. The summed E-state index contributed by atoms with van der Waals surface area (Å²) in [5.41, 5.74) is 6.39. The van der Waals surface area contributed by atoms with Crippen LogP contribution in [0.25, 0.3) is 75.1 Å². The van der Waals surface area contributed by atoms with Crippen LogP contribution >= 0.6 is 11.3 Å². The molecule has 0 aliphatic carbocycles. The molecule has 0 spiro atoms. The van der Waals surface area contributed by atoms with Crippen molar-refractivity contribution in [3.05, 3.63) is 116 Å². The van der Waals surface area contributed by atoms with E-state index in [4.69, 9.17) is 4.98 Å². The summed E-state index contributed by atoms with van der Waals surface area (Å²) in [5.74, 6) is 0. The van der Waals surface area contributed by atoms with Gasteiger partial charge in [0.25, 0.3) is 0 Å². The van der Waals surface area contributed by atoms with Crippen LogP contribution in [-0.4, -0.2) is 15.0 Å². The lowest BCUT2D eigenvalue weighted by molar-refractivity contribution is 1.36. The minimum Gasteiger partial charge on any atom is -0.264 e. The van der Waals surface area contributed by atoms with Gasteiger partial charge in [0.1, 0.15) is 0 Å². The fourth-order valence-electron chi connectivity index (χ4n) is 5.44. The number of aromatic nitrogens is 3. The number of thiophene rings is 1. The molecule has 37 heavy (non-hydrogen) atoms. The van der Waals surface area contributed by atoms with Crippen LogP contribution in [0.15, 0.2) is 116 Å². The van der Waals surface area contributed by atoms with Gasteiger partial charge in [-0.3, -0.25) is 9.97 Å². The molecule has 4 aromatic carbocycles. The number of benzene rings is 4. The maximum Gasteiger partial charge on any atom is 0.0972 e. The molecule has 0 saturated carbocycles. The van der Waals surface area contributed by atoms with Gasteiger partial charge < -0.3 is 0 Å². The van der Waals surface area contributed by atoms with Crippen molar-refractivity contribution in [1.29, 1.82) is 0 Å². The fourth-order valence-corrected chi connectivity index (χ4v) is 6.56. The molecular weight excluding hydrogens is 470 g/mol. The standard InChI is InChI=1S/C33H19N3S/c1-4-20-15-17-34-19-27(20)24(6-1)25-7-2-8-30-31(25)26-18-23(12-14-29(26)37-30)28-13-11-22-10-9-21-5-3-16-35-32(21)33(22)36-28/h1-19H. The third kappa shape index (κ3) is 3.16. The first-order valence-electron chi connectivity index (χ1n) is 12.3. The summed E-state index contributed by atoms with van der Waals surface area (Å²) in [6.07, 6.45) is 5.67. The second-order valence-electron chi connectivity index (χ2n) is 9.30. The van der Waals surface area contributed by atoms with Crippen LogP contribution in [0.3, 0.4) is 0 Å². The van der Waals surface area contributed by atoms with E-state index in [1.54, 1.807) is 0 Å². The van der Waals surface area contributed by atoms with Crippen LogP contribution in [-0.2, 0) is 0 Å². The van der Waals surface area contributed by atoms with Crippen molar-refractivity contribution in [2.75, 3.05) is 0 Å². The molecule has 172 valence electrons. The van der Waals surface area contributed by atoms with Crippen molar-refractivity contribution in [3.8, 4) is 22.4 Å². The molecule has 4 heteroatoms. The average Bonchev–Trinajstić information content (AvgIpc) is 3.35. The second kappa shape index (κ2) is 7.92. The number of nitrogens with zero attached hydrogens (tertiary/aromatic N) is 3. The molecule has 0 fully saturated rings. The van der Waals surface area contributed by atoms with E-state index in [0.29, 0.717) is 0 Å². The van der Waals surface area contributed by atoms with Crippen LogP contribution in [0.5, 0.6) is 0 Å². The van der Waals surface area contributed by atoms with Gasteiger partial charge in [-0.25, -0.2) is 4.98 Å². The Labute approximate surface area is 216 Å². The number of pyridine rings is 3. The smallest absolute Gasteiger partial charge is 0.0972 e. The molecule has 0 N–H and O–H groups in total. The summed E-state index contributed by atoms with van der Waals surface area (Å²) < 4.78 is 2.56. The van der Waals surface area contributed by atoms with E-state index < -0.39 is 0 Å². The molecule has 3 nitrogen and oxygen atoms in total. The summed E-state index contributed by atoms with van der Waals surface area (Å²) in [5, 5.41) is 7.12. The van der Waals surface area contributed by atoms with Crippen molar-refractivity contribution in [1.82, 2.24) is 15.0 Å². The van der Waals surface area contributed by atoms with Gasteiger partial charge in [0, 0.05) is 60.5 Å². The molecule has 0 saturated heterocycles. The first kappa shape index (κ1) is 20.5. The Hall–Kier alpha value is -4.67. The Balaban J connectivity index is 1.38. The van der Waals surface area contributed by atoms with E-state index in [9.17, 15) is 0 Å². The number of fused-ring (bicyclic) bond motifs is 7. The molecule has 0 atom stereocenters. The van der Waals surface area contributed by atoms with Crippen molar-refractivity contribution < 1.29 is 0 Å². The fraction of sp³-hybridized carbons (Fsp3) is 0. The molecule has 0 radical (unpaired) electrons. The van der Waals surface area contributed by atoms with E-state index in [0.717, 1.165) is 33.1 Å². The third-order valence-electron chi connectivity index (χ3n) is 7.20. The zero-order valence-corrected chi connectivity index (χ0v) is 20.5. The van der Waals surface area contributed by atoms with Crippen LogP contribution < -0.4 is 0 Å². The molecule has 0 aliphatic heterocycles. The maximum absolute atomic E-state index is 5.10. The van der Waals surface area contributed by atoms with Gasteiger partial charge in [-0.15, -0.1) is 11.3 Å². The summed E-state index contributed by atoms with van der Waals surface area (Å²) in [4.78, 5) is 14.1. The minimum absolute atomic E-state index is 0.940. The van der Waals surface area contributed by atoms with Crippen molar-refractivity contribution >= 4 is 64.1 Å². The molecular formula is C33H19N3S. The topological polar surface area (TPSA) is 38.7 Å². The van der Waals surface area contributed by atoms with Gasteiger partial charge in [0.2, 0.25) is 0 Å². The normalized spacial score (nSPS) is 11.8. The molecule has 4 aromatic heterocycles. The molecule has 0 aliphatic rings. The van der Waals surface area contributed by atoms with Gasteiger partial charge >= 0.3 is 0 Å². The number of hydrogen-bond donors (Lipinski definition) is 0. The quantitative estimate of drug-likeness (QED) is 0.227. The van der Waals surface area contributed by atoms with Gasteiger partial charge in [-0.2, -0.15) is 0 Å². The second-order valence-corrected chi connectivity index (χ2v) is 10.4. The van der Waals surface area contributed by atoms with Gasteiger partial charge in [-0.1, -0.05) is 60.7 Å². The number of hydrogen-bond acceptors (Lipinski definition) is 4. The van der Waals surface area contributed by atoms with Gasteiger partial charge in [0.15, 0.2) is 0 Å². The summed E-state index contributed by atoms with van der Waals surface area (Å²) >= 11 is 1.84. The third-order valence-corrected chi connectivity index (χ3v) is 8.33. The predicted octanol–water partition coefficient (Wildman–Crippen LogP) is 9.03. The summed E-state index contributed by atoms with van der Waals surface area (Å²) in [6, 6.07) is 34.4. The molecule has 0 amide bonds. The van der Waals surface area contributed by atoms with E-state index >= 15 is 0 Å². The Morgan fingerprint density at radius 2 is 1.41 bits per heavy atom. The average molecular weight is 490 g/mol. The van der Waals surface area contributed by atoms with E-state index in [1.807, 2.05) is 36.0 Å². The molecule has 0 unspecified atom stereocenters. The van der Waals surface area contributed by atoms with Crippen LogP contribution in [0.2, 0.25) is 0 Å². The lowest BCUT2D eigenvalue weighted by atomic mass is 9.95. The van der Waals surface area contributed by atoms with Crippen LogP contribution in [0.1, 0.15) is 0 Å². The highest BCUT2D eigenvalue weighted by Gasteiger charge is 2.14. The molecule has 8 rings (SSSR count). The lowest BCUT2D eigenvalue weighted by Gasteiger charge is -2.09. The van der Waals surface area contributed by atoms with Gasteiger partial charge in [-0.05, 0) is 52.9 Å². The Kier molecular flexibility index (Phi) is 4.39. The Morgan fingerprint density at radius 1 is 0.568 bits per heavy atom. The van der Waals surface area contributed by atoms with Crippen molar-refractivity contribution in [2.45, 2.75) is 0 Å². The minimum atomic E-state index is 0.940. The van der Waals surface area contributed by atoms with Gasteiger partial charge in [0.05, 0.1) is 16.7 Å². The highest BCUT2D eigenvalue weighted by molar-refractivity contribution is 7.26. The predicted molar refractivity (Wildman–Crippen MR) is 156 cm³/mol. The summed E-state index contributed by atoms with van der Waals surface area (Å²) in [7, 11) is 0. The lowest BCUT2D eigenvalue weighted by Crippen LogP contribution is -1.88. The van der Waals surface area contributed by atoms with Crippen LogP contribution in [0, 0.1) is 0 Å². The molecule has 4 heterocycles. The SMILES string of the molecule is c1cc(-c2cccc3sc4ccc(-c5ccc6ccc7cccnc7c6n5)cc4c23)c2cnccc2c1. The van der Waals surface area contributed by atoms with Crippen LogP contribution in [0.4, 0.5) is 0 Å². The molecule has 8 aromatic rings. The highest BCUT2D eigenvalue weighted by Crippen LogP contribution is 2.43. The largest absolute Gasteiger partial charge is 0.264 e. The molecule has 0 bridgehead atoms. The maximum atomic E-state index is 5.10.